The molecule has 0 saturated heterocycles. The number of nitrogens with zero attached hydrogens (tertiary/aromatic N) is 1. The third-order valence-corrected chi connectivity index (χ3v) is 3.63. The molecule has 0 bridgehead atoms. The molecule has 1 aliphatic rings. The quantitative estimate of drug-likeness (QED) is 0.841. The summed E-state index contributed by atoms with van der Waals surface area (Å²) in [5.74, 6) is -0.268. The van der Waals surface area contributed by atoms with E-state index in [1.807, 2.05) is 6.07 Å². The molecule has 1 saturated carbocycles. The van der Waals surface area contributed by atoms with Gasteiger partial charge in [-0.1, -0.05) is 6.07 Å². The molecule has 1 aromatic carbocycles. The molecular weight excluding hydrogens is 244 g/mol. The Bertz CT molecular complexity index is 530. The molecule has 0 spiro atoms. The van der Waals surface area contributed by atoms with E-state index in [0.29, 0.717) is 30.7 Å². The van der Waals surface area contributed by atoms with Crippen LogP contribution < -0.4 is 10.1 Å². The van der Waals surface area contributed by atoms with Gasteiger partial charge in [-0.15, -0.1) is 0 Å². The van der Waals surface area contributed by atoms with Crippen molar-refractivity contribution in [3.05, 3.63) is 29.3 Å². The van der Waals surface area contributed by atoms with Gasteiger partial charge in [-0.25, -0.2) is 0 Å². The summed E-state index contributed by atoms with van der Waals surface area (Å²) in [7, 11) is 1.52. The maximum atomic E-state index is 11.2. The van der Waals surface area contributed by atoms with Crippen LogP contribution in [0.4, 0.5) is 0 Å². The van der Waals surface area contributed by atoms with Crippen LogP contribution in [0.5, 0.6) is 5.75 Å². The molecule has 1 aliphatic carbocycles. The predicted molar refractivity (Wildman–Crippen MR) is 68.8 cm³/mol. The van der Waals surface area contributed by atoms with E-state index in [9.17, 15) is 9.90 Å². The molecular formula is C14H16N2O3. The van der Waals surface area contributed by atoms with Gasteiger partial charge in [0.15, 0.2) is 0 Å². The Balaban J connectivity index is 2.08. The van der Waals surface area contributed by atoms with E-state index >= 15 is 0 Å². The highest BCUT2D eigenvalue weighted by molar-refractivity contribution is 5.80. The van der Waals surface area contributed by atoms with Crippen LogP contribution in [0.15, 0.2) is 18.2 Å². The number of benzene rings is 1. The second kappa shape index (κ2) is 5.29. The number of methoxy groups -OCH3 is 1. The number of hydrogen-bond donors (Lipinski definition) is 2. The fraction of sp³-hybridized carbons (Fsp3) is 0.429. The van der Waals surface area contributed by atoms with E-state index < -0.39 is 11.5 Å². The first-order valence-corrected chi connectivity index (χ1v) is 6.17. The summed E-state index contributed by atoms with van der Waals surface area (Å²) in [6.45, 7) is 0.435. The van der Waals surface area contributed by atoms with Crippen molar-refractivity contribution in [2.24, 2.45) is 0 Å². The molecule has 0 radical (unpaired) electrons. The third kappa shape index (κ3) is 2.54. The van der Waals surface area contributed by atoms with Crippen molar-refractivity contribution in [1.29, 1.82) is 5.26 Å². The lowest BCUT2D eigenvalue weighted by atomic mass is 9.76. The zero-order chi connectivity index (χ0) is 13.9. The van der Waals surface area contributed by atoms with Crippen LogP contribution in [-0.2, 0) is 11.3 Å². The normalized spacial score (nSPS) is 16.2. The summed E-state index contributed by atoms with van der Waals surface area (Å²) < 4.78 is 5.07. The van der Waals surface area contributed by atoms with Crippen LogP contribution in [0.2, 0.25) is 0 Å². The lowest BCUT2D eigenvalue weighted by Crippen LogP contribution is -2.56. The van der Waals surface area contributed by atoms with Gasteiger partial charge in [-0.2, -0.15) is 5.26 Å². The molecule has 2 rings (SSSR count). The Hall–Kier alpha value is -2.06. The standard InChI is InChI=1S/C14H16N2O3/c1-19-12-4-3-10(7-11(12)8-15)9-16-14(13(17)18)5-2-6-14/h3-4,7,16H,2,5-6,9H2,1H3,(H,17,18). The highest BCUT2D eigenvalue weighted by Crippen LogP contribution is 2.32. The number of aliphatic carboxylic acids is 1. The first kappa shape index (κ1) is 13.4. The molecule has 1 fully saturated rings. The fourth-order valence-corrected chi connectivity index (χ4v) is 2.22. The van der Waals surface area contributed by atoms with Crippen LogP contribution in [0.25, 0.3) is 0 Å². The number of carboxylic acids is 1. The Morgan fingerprint density at radius 1 is 1.58 bits per heavy atom. The van der Waals surface area contributed by atoms with Crippen molar-refractivity contribution in [2.75, 3.05) is 7.11 Å². The number of nitrogens with one attached hydrogen (secondary N) is 1. The van der Waals surface area contributed by atoms with Gasteiger partial charge in [0.1, 0.15) is 17.4 Å². The maximum Gasteiger partial charge on any atom is 0.323 e. The van der Waals surface area contributed by atoms with Crippen molar-refractivity contribution < 1.29 is 14.6 Å². The van der Waals surface area contributed by atoms with Crippen LogP contribution >= 0.6 is 0 Å². The Morgan fingerprint density at radius 2 is 2.32 bits per heavy atom. The van der Waals surface area contributed by atoms with Gasteiger partial charge >= 0.3 is 5.97 Å². The van der Waals surface area contributed by atoms with Gasteiger partial charge < -0.3 is 9.84 Å². The van der Waals surface area contributed by atoms with E-state index in [1.54, 1.807) is 12.1 Å². The number of nitriles is 1. The number of ether oxygens (including phenoxy) is 1. The zero-order valence-electron chi connectivity index (χ0n) is 10.8. The van der Waals surface area contributed by atoms with Crippen LogP contribution in [0.1, 0.15) is 30.4 Å². The number of carboxylic acid groups (broad SMARTS) is 1. The highest BCUT2D eigenvalue weighted by atomic mass is 16.5. The highest BCUT2D eigenvalue weighted by Gasteiger charge is 2.43. The molecule has 5 heteroatoms. The summed E-state index contributed by atoms with van der Waals surface area (Å²) in [5.41, 5.74) is 0.553. The topological polar surface area (TPSA) is 82.3 Å². The summed E-state index contributed by atoms with van der Waals surface area (Å²) >= 11 is 0. The molecule has 19 heavy (non-hydrogen) atoms. The fourth-order valence-electron chi connectivity index (χ4n) is 2.22. The Kier molecular flexibility index (Phi) is 3.72. The maximum absolute atomic E-state index is 11.2. The molecule has 100 valence electrons. The largest absolute Gasteiger partial charge is 0.495 e. The Morgan fingerprint density at radius 3 is 2.79 bits per heavy atom. The van der Waals surface area contributed by atoms with Crippen molar-refractivity contribution in [1.82, 2.24) is 5.32 Å². The minimum atomic E-state index is -0.798. The lowest BCUT2D eigenvalue weighted by Gasteiger charge is -2.38. The SMILES string of the molecule is COc1ccc(CNC2(C(=O)O)CCC2)cc1C#N. The van der Waals surface area contributed by atoms with Gasteiger partial charge in [0.05, 0.1) is 12.7 Å². The van der Waals surface area contributed by atoms with Crippen molar-refractivity contribution >= 4 is 5.97 Å². The molecule has 0 amide bonds. The second-order valence-corrected chi connectivity index (χ2v) is 4.74. The minimum absolute atomic E-state index is 0.435. The van der Waals surface area contributed by atoms with Gasteiger partial charge in [0.2, 0.25) is 0 Å². The van der Waals surface area contributed by atoms with E-state index in [4.69, 9.17) is 10.00 Å². The van der Waals surface area contributed by atoms with Crippen LogP contribution in [0.3, 0.4) is 0 Å². The first-order valence-electron chi connectivity index (χ1n) is 6.17. The van der Waals surface area contributed by atoms with Gasteiger partial charge in [-0.05, 0) is 37.0 Å². The summed E-state index contributed by atoms with van der Waals surface area (Å²) in [4.78, 5) is 11.2. The molecule has 0 unspecified atom stereocenters. The minimum Gasteiger partial charge on any atom is -0.495 e. The molecule has 0 aromatic heterocycles. The number of rotatable bonds is 5. The smallest absolute Gasteiger partial charge is 0.323 e. The van der Waals surface area contributed by atoms with Crippen LogP contribution in [-0.4, -0.2) is 23.7 Å². The van der Waals surface area contributed by atoms with Crippen molar-refractivity contribution in [3.8, 4) is 11.8 Å². The van der Waals surface area contributed by atoms with E-state index in [0.717, 1.165) is 12.0 Å². The second-order valence-electron chi connectivity index (χ2n) is 4.74. The molecule has 1 aromatic rings. The molecule has 2 N–H and O–H groups in total. The molecule has 0 heterocycles. The summed E-state index contributed by atoms with van der Waals surface area (Å²) in [5, 5.41) is 21.3. The van der Waals surface area contributed by atoms with E-state index in [-0.39, 0.29) is 0 Å². The van der Waals surface area contributed by atoms with Crippen molar-refractivity contribution in [2.45, 2.75) is 31.3 Å². The van der Waals surface area contributed by atoms with Gasteiger partial charge in [-0.3, -0.25) is 10.1 Å². The van der Waals surface area contributed by atoms with E-state index in [1.165, 1.54) is 7.11 Å². The predicted octanol–water partition coefficient (Wildman–Crippen LogP) is 1.66. The number of hydrogen-bond acceptors (Lipinski definition) is 4. The monoisotopic (exact) mass is 260 g/mol. The van der Waals surface area contributed by atoms with E-state index in [2.05, 4.69) is 11.4 Å². The van der Waals surface area contributed by atoms with Gasteiger partial charge in [0.25, 0.3) is 0 Å². The van der Waals surface area contributed by atoms with Gasteiger partial charge in [0, 0.05) is 6.54 Å². The Labute approximate surface area is 111 Å². The molecule has 5 nitrogen and oxygen atoms in total. The summed E-state index contributed by atoms with van der Waals surface area (Å²) in [6, 6.07) is 7.35. The lowest BCUT2D eigenvalue weighted by molar-refractivity contribution is -0.148. The summed E-state index contributed by atoms with van der Waals surface area (Å²) in [6.07, 6.45) is 2.25. The molecule has 0 aliphatic heterocycles. The average molecular weight is 260 g/mol. The molecule has 0 atom stereocenters. The van der Waals surface area contributed by atoms with Crippen molar-refractivity contribution in [3.63, 3.8) is 0 Å². The zero-order valence-corrected chi connectivity index (χ0v) is 10.8. The number of carbonyl (C=O) groups is 1. The third-order valence-electron chi connectivity index (χ3n) is 3.63. The average Bonchev–Trinajstić information content (AvgIpc) is 2.36. The van der Waals surface area contributed by atoms with Crippen LogP contribution in [0, 0.1) is 11.3 Å². The first-order chi connectivity index (χ1) is 9.11.